The van der Waals surface area contributed by atoms with Crippen LogP contribution in [0.5, 0.6) is 0 Å². The summed E-state index contributed by atoms with van der Waals surface area (Å²) in [5.41, 5.74) is -2.68. The minimum absolute atomic E-state index is 0.568. The predicted octanol–water partition coefficient (Wildman–Crippen LogP) is 3.19. The first-order valence-electron chi connectivity index (χ1n) is 10.3. The molecule has 0 amide bonds. The summed E-state index contributed by atoms with van der Waals surface area (Å²) in [7, 11) is 1.17. The number of esters is 4. The number of alkyl halides is 1. The van der Waals surface area contributed by atoms with Gasteiger partial charge in [-0.25, -0.2) is 4.79 Å². The van der Waals surface area contributed by atoms with E-state index in [-0.39, 0.29) is 0 Å². The lowest BCUT2D eigenvalue weighted by Gasteiger charge is -2.43. The number of carbonyl (C=O) groups excluding carboxylic acids is 4. The second kappa shape index (κ2) is 10.2. The maximum absolute atomic E-state index is 12.8. The highest BCUT2D eigenvalue weighted by atomic mass is 127. The molecule has 0 saturated carbocycles. The van der Waals surface area contributed by atoms with E-state index in [1.807, 2.05) is 22.6 Å². The zero-order chi connectivity index (χ0) is 25.2. The Morgan fingerprint density at radius 2 is 1.00 bits per heavy atom. The van der Waals surface area contributed by atoms with Crippen LogP contribution in [0.1, 0.15) is 62.3 Å². The number of halogens is 1. The van der Waals surface area contributed by atoms with Gasteiger partial charge in [-0.2, -0.15) is 0 Å². The van der Waals surface area contributed by atoms with Crippen molar-refractivity contribution in [1.29, 1.82) is 0 Å². The zero-order valence-corrected chi connectivity index (χ0v) is 22.6. The molecule has 0 aliphatic carbocycles. The van der Waals surface area contributed by atoms with E-state index >= 15 is 0 Å². The maximum Gasteiger partial charge on any atom is 0.339 e. The SMILES string of the molecule is COC(=O)[C@H]1OC(I)[C@H](OC(=O)C(C)(C)C)[C@@H](OC(=O)C(C)(C)C)[C@@H]1OC(=O)C(C)(C)C. The molecule has 0 aromatic heterocycles. The summed E-state index contributed by atoms with van der Waals surface area (Å²) in [5, 5.41) is 0. The Labute approximate surface area is 203 Å². The fraction of sp³-hybridized carbons (Fsp3) is 0.818. The van der Waals surface area contributed by atoms with Crippen LogP contribution in [0.2, 0.25) is 0 Å². The molecule has 1 heterocycles. The molecule has 0 radical (unpaired) electrons. The second-order valence-corrected chi connectivity index (χ2v) is 12.0. The first kappa shape index (κ1) is 28.6. The smallest absolute Gasteiger partial charge is 0.339 e. The summed E-state index contributed by atoms with van der Waals surface area (Å²) in [6.45, 7) is 14.9. The van der Waals surface area contributed by atoms with E-state index in [2.05, 4.69) is 0 Å². The molecule has 1 aliphatic heterocycles. The second-order valence-electron chi connectivity index (χ2n) is 10.8. The van der Waals surface area contributed by atoms with Gasteiger partial charge in [0.15, 0.2) is 28.5 Å². The quantitative estimate of drug-likeness (QED) is 0.218. The number of carbonyl (C=O) groups is 4. The molecule has 9 nitrogen and oxygen atoms in total. The van der Waals surface area contributed by atoms with Crippen LogP contribution in [0.3, 0.4) is 0 Å². The Morgan fingerprint density at radius 1 is 0.656 bits per heavy atom. The van der Waals surface area contributed by atoms with Crippen molar-refractivity contribution in [2.24, 2.45) is 16.2 Å². The number of methoxy groups -OCH3 is 1. The average Bonchev–Trinajstić information content (AvgIpc) is 2.62. The van der Waals surface area contributed by atoms with Gasteiger partial charge in [0, 0.05) is 0 Å². The third kappa shape index (κ3) is 7.29. The van der Waals surface area contributed by atoms with E-state index in [1.165, 1.54) is 7.11 Å². The van der Waals surface area contributed by atoms with Crippen LogP contribution < -0.4 is 0 Å². The van der Waals surface area contributed by atoms with Crippen LogP contribution >= 0.6 is 22.6 Å². The van der Waals surface area contributed by atoms with Crippen molar-refractivity contribution in [2.45, 2.75) is 90.8 Å². The fourth-order valence-electron chi connectivity index (χ4n) is 2.39. The lowest BCUT2D eigenvalue weighted by molar-refractivity contribution is -0.240. The Balaban J connectivity index is 3.51. The normalized spacial score (nSPS) is 26.7. The van der Waals surface area contributed by atoms with E-state index in [1.54, 1.807) is 62.3 Å². The van der Waals surface area contributed by atoms with Gasteiger partial charge in [0.25, 0.3) is 0 Å². The lowest BCUT2D eigenvalue weighted by Crippen LogP contribution is -2.63. The van der Waals surface area contributed by atoms with Crippen LogP contribution in [0.25, 0.3) is 0 Å². The van der Waals surface area contributed by atoms with Crippen molar-refractivity contribution in [2.75, 3.05) is 7.11 Å². The molecule has 32 heavy (non-hydrogen) atoms. The first-order chi connectivity index (χ1) is 14.3. The highest BCUT2D eigenvalue weighted by Gasteiger charge is 2.55. The van der Waals surface area contributed by atoms with E-state index < -0.39 is 68.6 Å². The molecule has 5 atom stereocenters. The molecule has 0 spiro atoms. The Morgan fingerprint density at radius 3 is 1.34 bits per heavy atom. The van der Waals surface area contributed by atoms with E-state index in [4.69, 9.17) is 23.7 Å². The minimum Gasteiger partial charge on any atom is -0.467 e. The van der Waals surface area contributed by atoms with E-state index in [0.29, 0.717) is 0 Å². The highest BCUT2D eigenvalue weighted by molar-refractivity contribution is 14.1. The first-order valence-corrected chi connectivity index (χ1v) is 11.6. The predicted molar refractivity (Wildman–Crippen MR) is 123 cm³/mol. The molecule has 1 rings (SSSR count). The van der Waals surface area contributed by atoms with Crippen LogP contribution in [-0.4, -0.2) is 59.5 Å². The molecule has 1 aliphatic rings. The fourth-order valence-corrected chi connectivity index (χ4v) is 3.27. The number of ether oxygens (including phenoxy) is 5. The van der Waals surface area contributed by atoms with Crippen LogP contribution in [-0.2, 0) is 42.9 Å². The lowest BCUT2D eigenvalue weighted by atomic mass is 9.93. The minimum atomic E-state index is -1.38. The zero-order valence-electron chi connectivity index (χ0n) is 20.4. The molecule has 0 N–H and O–H groups in total. The Hall–Kier alpha value is -1.43. The van der Waals surface area contributed by atoms with Gasteiger partial charge in [-0.05, 0) is 84.9 Å². The summed E-state index contributed by atoms with van der Waals surface area (Å²) in [5.74, 6) is -2.65. The summed E-state index contributed by atoms with van der Waals surface area (Å²) in [6.07, 6.45) is -5.19. The van der Waals surface area contributed by atoms with E-state index in [9.17, 15) is 19.2 Å². The van der Waals surface area contributed by atoms with Crippen molar-refractivity contribution < 1.29 is 42.9 Å². The van der Waals surface area contributed by atoms with Gasteiger partial charge in [0.05, 0.1) is 23.4 Å². The standard InChI is InChI=1S/C22H35IO9/c1-20(2,3)17(25)30-11-12(31-18(26)21(4,5)6)14(16(24)28-10)29-15(23)13(11)32-19(27)22(7,8)9/h11-15H,1-10H3/t11-,12-,13+,14-,15?/m0/s1. The van der Waals surface area contributed by atoms with Gasteiger partial charge in [-0.1, -0.05) is 0 Å². The summed E-state index contributed by atoms with van der Waals surface area (Å²) in [4.78, 5) is 50.6. The molecule has 0 aromatic rings. The van der Waals surface area contributed by atoms with Gasteiger partial charge in [-0.15, -0.1) is 0 Å². The summed E-state index contributed by atoms with van der Waals surface area (Å²) >= 11 is 1.85. The molecule has 1 saturated heterocycles. The van der Waals surface area contributed by atoms with Crippen molar-refractivity contribution in [3.8, 4) is 0 Å². The average molecular weight is 570 g/mol. The molecule has 1 unspecified atom stereocenters. The number of hydrogen-bond acceptors (Lipinski definition) is 9. The maximum atomic E-state index is 12.8. The van der Waals surface area contributed by atoms with Crippen LogP contribution in [0.15, 0.2) is 0 Å². The van der Waals surface area contributed by atoms with Gasteiger partial charge in [-0.3, -0.25) is 14.4 Å². The van der Waals surface area contributed by atoms with Crippen LogP contribution in [0.4, 0.5) is 0 Å². The van der Waals surface area contributed by atoms with E-state index in [0.717, 1.165) is 0 Å². The van der Waals surface area contributed by atoms with Gasteiger partial charge in [0.2, 0.25) is 0 Å². The van der Waals surface area contributed by atoms with Gasteiger partial charge < -0.3 is 23.7 Å². The molecule has 0 aromatic carbocycles. The highest BCUT2D eigenvalue weighted by Crippen LogP contribution is 2.35. The van der Waals surface area contributed by atoms with Crippen molar-refractivity contribution in [1.82, 2.24) is 0 Å². The molecular weight excluding hydrogens is 535 g/mol. The van der Waals surface area contributed by atoms with Crippen LogP contribution in [0, 0.1) is 16.2 Å². The van der Waals surface area contributed by atoms with Crippen molar-refractivity contribution in [3.05, 3.63) is 0 Å². The largest absolute Gasteiger partial charge is 0.467 e. The third-order valence-corrected chi connectivity index (χ3v) is 5.48. The molecular formula is C22H35IO9. The monoisotopic (exact) mass is 570 g/mol. The molecule has 1 fully saturated rings. The Kier molecular flexibility index (Phi) is 9.15. The van der Waals surface area contributed by atoms with Gasteiger partial charge >= 0.3 is 23.9 Å². The van der Waals surface area contributed by atoms with Crippen molar-refractivity contribution in [3.63, 3.8) is 0 Å². The molecule has 0 bridgehead atoms. The summed E-state index contributed by atoms with van der Waals surface area (Å²) in [6, 6.07) is 0. The topological polar surface area (TPSA) is 114 Å². The third-order valence-electron chi connectivity index (χ3n) is 4.48. The van der Waals surface area contributed by atoms with Crippen molar-refractivity contribution >= 4 is 46.5 Å². The number of rotatable bonds is 4. The molecule has 10 heteroatoms. The summed E-state index contributed by atoms with van der Waals surface area (Å²) < 4.78 is 26.7. The Bertz CT molecular complexity index is 727. The number of hydrogen-bond donors (Lipinski definition) is 0. The molecule has 184 valence electrons. The van der Waals surface area contributed by atoms with Gasteiger partial charge in [0.1, 0.15) is 0 Å².